The highest BCUT2D eigenvalue weighted by Gasteiger charge is 2.52. The van der Waals surface area contributed by atoms with Crippen LogP contribution in [-0.4, -0.2) is 24.7 Å². The molecule has 4 nitrogen and oxygen atoms in total. The normalized spacial score (nSPS) is 19.4. The molecule has 108 valence electrons. The van der Waals surface area contributed by atoms with Gasteiger partial charge in [0, 0.05) is 5.54 Å². The lowest BCUT2D eigenvalue weighted by molar-refractivity contribution is -0.125. The molecule has 3 rings (SSSR count). The second-order valence-electron chi connectivity index (χ2n) is 6.64. The van der Waals surface area contributed by atoms with E-state index in [-0.39, 0.29) is 16.9 Å². The number of carbonyl (C=O) groups excluding carboxylic acids is 1. The van der Waals surface area contributed by atoms with Crippen LogP contribution in [0.4, 0.5) is 0 Å². The van der Waals surface area contributed by atoms with Crippen LogP contribution in [0.1, 0.15) is 39.2 Å². The third-order valence-corrected chi connectivity index (χ3v) is 3.77. The Morgan fingerprint density at radius 2 is 1.80 bits per heavy atom. The molecule has 0 unspecified atom stereocenters. The van der Waals surface area contributed by atoms with E-state index in [1.54, 1.807) is 0 Å². The molecule has 1 fully saturated rings. The molecule has 1 aliphatic carbocycles. The minimum Gasteiger partial charge on any atom is -0.486 e. The Hall–Kier alpha value is -1.71. The molecule has 0 aromatic heterocycles. The molecule has 1 amide bonds. The van der Waals surface area contributed by atoms with Crippen LogP contribution in [0, 0.1) is 0 Å². The van der Waals surface area contributed by atoms with Crippen molar-refractivity contribution in [2.24, 2.45) is 0 Å². The highest BCUT2D eigenvalue weighted by Crippen LogP contribution is 2.50. The van der Waals surface area contributed by atoms with Crippen molar-refractivity contribution in [2.45, 2.75) is 44.6 Å². The molecule has 20 heavy (non-hydrogen) atoms. The lowest BCUT2D eigenvalue weighted by Gasteiger charge is -2.26. The van der Waals surface area contributed by atoms with E-state index in [2.05, 4.69) is 5.32 Å². The van der Waals surface area contributed by atoms with E-state index < -0.39 is 0 Å². The van der Waals surface area contributed by atoms with E-state index in [9.17, 15) is 4.79 Å². The van der Waals surface area contributed by atoms with E-state index in [0.717, 1.165) is 29.9 Å². The quantitative estimate of drug-likeness (QED) is 0.901. The van der Waals surface area contributed by atoms with Gasteiger partial charge in [0.25, 0.3) is 0 Å². The Balaban J connectivity index is 1.87. The van der Waals surface area contributed by atoms with Crippen molar-refractivity contribution in [3.8, 4) is 11.5 Å². The number of nitrogens with one attached hydrogen (secondary N) is 1. The molecule has 0 bridgehead atoms. The first-order chi connectivity index (χ1) is 9.41. The van der Waals surface area contributed by atoms with Gasteiger partial charge in [-0.25, -0.2) is 0 Å². The van der Waals surface area contributed by atoms with Crippen molar-refractivity contribution in [1.82, 2.24) is 5.32 Å². The van der Waals surface area contributed by atoms with E-state index in [4.69, 9.17) is 9.47 Å². The van der Waals surface area contributed by atoms with E-state index in [0.29, 0.717) is 13.2 Å². The average molecular weight is 275 g/mol. The summed E-state index contributed by atoms with van der Waals surface area (Å²) in [5.74, 6) is 1.64. The minimum atomic E-state index is -0.372. The largest absolute Gasteiger partial charge is 0.486 e. The highest BCUT2D eigenvalue weighted by molar-refractivity contribution is 5.92. The first-order valence-electron chi connectivity index (χ1n) is 7.13. The van der Waals surface area contributed by atoms with Gasteiger partial charge < -0.3 is 14.8 Å². The van der Waals surface area contributed by atoms with Crippen LogP contribution in [-0.2, 0) is 10.2 Å². The number of ether oxygens (including phenoxy) is 2. The van der Waals surface area contributed by atoms with Gasteiger partial charge in [-0.2, -0.15) is 0 Å². The number of rotatable bonds is 2. The smallest absolute Gasteiger partial charge is 0.231 e. The third kappa shape index (κ3) is 2.35. The average Bonchev–Trinajstić information content (AvgIpc) is 3.17. The molecular formula is C16H21NO3. The predicted octanol–water partition coefficient (Wildman–Crippen LogP) is 2.40. The Morgan fingerprint density at radius 3 is 2.40 bits per heavy atom. The monoisotopic (exact) mass is 275 g/mol. The van der Waals surface area contributed by atoms with E-state index >= 15 is 0 Å². The summed E-state index contributed by atoms with van der Waals surface area (Å²) in [7, 11) is 0. The molecule has 1 aromatic carbocycles. The third-order valence-electron chi connectivity index (χ3n) is 3.77. The summed E-state index contributed by atoms with van der Waals surface area (Å²) in [5, 5.41) is 3.09. The number of amides is 1. The van der Waals surface area contributed by atoms with Crippen LogP contribution < -0.4 is 14.8 Å². The lowest BCUT2D eigenvalue weighted by Crippen LogP contribution is -2.46. The first-order valence-corrected chi connectivity index (χ1v) is 7.13. The number of hydrogen-bond donors (Lipinski definition) is 1. The summed E-state index contributed by atoms with van der Waals surface area (Å²) < 4.78 is 11.1. The fourth-order valence-electron chi connectivity index (χ4n) is 2.57. The SMILES string of the molecule is CC(C)(C)NC(=O)C1(c2ccc3c(c2)OCCO3)CC1. The number of hydrogen-bond acceptors (Lipinski definition) is 3. The maximum absolute atomic E-state index is 12.5. The lowest BCUT2D eigenvalue weighted by atomic mass is 9.93. The summed E-state index contributed by atoms with van der Waals surface area (Å²) in [4.78, 5) is 12.5. The van der Waals surface area contributed by atoms with Crippen LogP contribution in [0.25, 0.3) is 0 Å². The summed E-state index contributed by atoms with van der Waals surface area (Å²) in [5.41, 5.74) is 0.451. The molecule has 1 saturated carbocycles. The molecule has 0 spiro atoms. The molecule has 0 atom stereocenters. The van der Waals surface area contributed by atoms with Gasteiger partial charge in [-0.3, -0.25) is 4.79 Å². The predicted molar refractivity (Wildman–Crippen MR) is 76.2 cm³/mol. The molecule has 1 aromatic rings. The Morgan fingerprint density at radius 1 is 1.15 bits per heavy atom. The fourth-order valence-corrected chi connectivity index (χ4v) is 2.57. The van der Waals surface area contributed by atoms with Gasteiger partial charge in [-0.15, -0.1) is 0 Å². The van der Waals surface area contributed by atoms with E-state index in [1.807, 2.05) is 39.0 Å². The molecular weight excluding hydrogens is 254 g/mol. The van der Waals surface area contributed by atoms with Gasteiger partial charge in [0.05, 0.1) is 5.41 Å². The number of fused-ring (bicyclic) bond motifs is 1. The standard InChI is InChI=1S/C16H21NO3/c1-15(2,3)17-14(18)16(6-7-16)11-4-5-12-13(10-11)20-9-8-19-12/h4-5,10H,6-9H2,1-3H3,(H,17,18). The summed E-state index contributed by atoms with van der Waals surface area (Å²) in [6, 6.07) is 5.86. The van der Waals surface area contributed by atoms with Crippen molar-refractivity contribution in [2.75, 3.05) is 13.2 Å². The summed E-state index contributed by atoms with van der Waals surface area (Å²) in [6.45, 7) is 7.17. The zero-order valence-corrected chi connectivity index (χ0v) is 12.3. The Labute approximate surface area is 119 Å². The molecule has 2 aliphatic rings. The molecule has 0 radical (unpaired) electrons. The molecule has 1 N–H and O–H groups in total. The van der Waals surface area contributed by atoms with Gasteiger partial charge >= 0.3 is 0 Å². The fraction of sp³-hybridized carbons (Fsp3) is 0.562. The van der Waals surface area contributed by atoms with Crippen LogP contribution >= 0.6 is 0 Å². The summed E-state index contributed by atoms with van der Waals surface area (Å²) >= 11 is 0. The van der Waals surface area contributed by atoms with Gasteiger partial charge in [0.2, 0.25) is 5.91 Å². The Bertz CT molecular complexity index is 541. The van der Waals surface area contributed by atoms with Crippen molar-refractivity contribution in [3.05, 3.63) is 23.8 Å². The second-order valence-corrected chi connectivity index (χ2v) is 6.64. The maximum Gasteiger partial charge on any atom is 0.231 e. The molecule has 4 heteroatoms. The molecule has 0 saturated heterocycles. The van der Waals surface area contributed by atoms with Gasteiger partial charge in [0.1, 0.15) is 13.2 Å². The highest BCUT2D eigenvalue weighted by atomic mass is 16.6. The molecule has 1 heterocycles. The van der Waals surface area contributed by atoms with Gasteiger partial charge in [0.15, 0.2) is 11.5 Å². The minimum absolute atomic E-state index is 0.113. The number of carbonyl (C=O) groups is 1. The molecule has 1 aliphatic heterocycles. The first kappa shape index (κ1) is 13.3. The van der Waals surface area contributed by atoms with E-state index in [1.165, 1.54) is 0 Å². The van der Waals surface area contributed by atoms with Crippen LogP contribution in [0.2, 0.25) is 0 Å². The van der Waals surface area contributed by atoms with Gasteiger partial charge in [-0.1, -0.05) is 6.07 Å². The topological polar surface area (TPSA) is 47.6 Å². The zero-order valence-electron chi connectivity index (χ0n) is 12.3. The number of benzene rings is 1. The van der Waals surface area contributed by atoms with Crippen molar-refractivity contribution in [3.63, 3.8) is 0 Å². The second kappa shape index (κ2) is 4.40. The van der Waals surface area contributed by atoms with Crippen LogP contribution in [0.15, 0.2) is 18.2 Å². The summed E-state index contributed by atoms with van der Waals surface area (Å²) in [6.07, 6.45) is 1.79. The van der Waals surface area contributed by atoms with Crippen molar-refractivity contribution in [1.29, 1.82) is 0 Å². The van der Waals surface area contributed by atoms with Crippen molar-refractivity contribution >= 4 is 5.91 Å². The van der Waals surface area contributed by atoms with Crippen LogP contribution in [0.3, 0.4) is 0 Å². The van der Waals surface area contributed by atoms with Gasteiger partial charge in [-0.05, 0) is 51.3 Å². The maximum atomic E-state index is 12.5. The van der Waals surface area contributed by atoms with Crippen LogP contribution in [0.5, 0.6) is 11.5 Å². The zero-order chi connectivity index (χ0) is 14.4. The van der Waals surface area contributed by atoms with Crippen molar-refractivity contribution < 1.29 is 14.3 Å². The Kier molecular flexibility index (Phi) is 2.92.